The van der Waals surface area contributed by atoms with Crippen LogP contribution in [0, 0.1) is 10.1 Å². The van der Waals surface area contributed by atoms with Crippen molar-refractivity contribution in [2.75, 3.05) is 5.43 Å². The van der Waals surface area contributed by atoms with Gasteiger partial charge in [0.2, 0.25) is 11.8 Å². The molecule has 0 fully saturated rings. The van der Waals surface area contributed by atoms with Gasteiger partial charge in [0.15, 0.2) is 0 Å². The summed E-state index contributed by atoms with van der Waals surface area (Å²) in [4.78, 5) is 17.7. The van der Waals surface area contributed by atoms with Gasteiger partial charge in [-0.2, -0.15) is 4.98 Å². The number of nitrogens with two attached hydrogens (primary N) is 1. The fourth-order valence-corrected chi connectivity index (χ4v) is 1.67. The van der Waals surface area contributed by atoms with Gasteiger partial charge >= 0.3 is 0 Å². The molecule has 0 unspecified atom stereocenters. The molecule has 0 aliphatic heterocycles. The van der Waals surface area contributed by atoms with Crippen LogP contribution in [0.15, 0.2) is 24.4 Å². The molecule has 8 nitrogen and oxygen atoms in total. The Labute approximate surface area is 122 Å². The van der Waals surface area contributed by atoms with Crippen LogP contribution in [-0.4, -0.2) is 14.9 Å². The minimum Gasteiger partial charge on any atom is -0.437 e. The van der Waals surface area contributed by atoms with Crippen molar-refractivity contribution < 1.29 is 9.66 Å². The van der Waals surface area contributed by atoms with Crippen molar-refractivity contribution in [3.05, 3.63) is 44.6 Å². The van der Waals surface area contributed by atoms with Crippen LogP contribution in [0.4, 0.5) is 11.6 Å². The van der Waals surface area contributed by atoms with Crippen LogP contribution in [0.5, 0.6) is 11.6 Å². The fourth-order valence-electron chi connectivity index (χ4n) is 1.30. The standard InChI is InChI=1S/C10H7Cl2N5O3/c11-6-3-5(1-2-8(6)17(18)19)20-9-7(12)4-14-10(15-9)16-13/h1-4H,13H2,(H,14,15,16). The number of aromatic nitrogens is 2. The highest BCUT2D eigenvalue weighted by atomic mass is 35.5. The van der Waals surface area contributed by atoms with Crippen LogP contribution < -0.4 is 16.0 Å². The van der Waals surface area contributed by atoms with Crippen LogP contribution in [0.3, 0.4) is 0 Å². The highest BCUT2D eigenvalue weighted by Gasteiger charge is 2.14. The first kappa shape index (κ1) is 14.3. The molecule has 0 aliphatic rings. The molecule has 0 amide bonds. The zero-order chi connectivity index (χ0) is 14.7. The second-order valence-electron chi connectivity index (χ2n) is 3.46. The summed E-state index contributed by atoms with van der Waals surface area (Å²) in [7, 11) is 0. The van der Waals surface area contributed by atoms with E-state index >= 15 is 0 Å². The molecule has 0 radical (unpaired) electrons. The van der Waals surface area contributed by atoms with Gasteiger partial charge < -0.3 is 4.74 Å². The Hall–Kier alpha value is -2.16. The number of nitrogen functional groups attached to an aromatic ring is 1. The third-order valence-corrected chi connectivity index (χ3v) is 2.73. The Kier molecular flexibility index (Phi) is 4.18. The van der Waals surface area contributed by atoms with Crippen LogP contribution in [0.25, 0.3) is 0 Å². The molecule has 1 aromatic carbocycles. The Morgan fingerprint density at radius 3 is 2.70 bits per heavy atom. The van der Waals surface area contributed by atoms with E-state index in [1.54, 1.807) is 0 Å². The first-order valence-corrected chi connectivity index (χ1v) is 5.88. The van der Waals surface area contributed by atoms with Crippen molar-refractivity contribution >= 4 is 34.8 Å². The molecule has 0 saturated carbocycles. The zero-order valence-electron chi connectivity index (χ0n) is 9.71. The SMILES string of the molecule is NNc1ncc(Cl)c(Oc2ccc([N+](=O)[O-])c(Cl)c2)n1. The number of hydrazine groups is 1. The van der Waals surface area contributed by atoms with Gasteiger partial charge in [0, 0.05) is 12.1 Å². The summed E-state index contributed by atoms with van der Waals surface area (Å²) in [5.41, 5.74) is 2.01. The van der Waals surface area contributed by atoms with Crippen molar-refractivity contribution in [1.29, 1.82) is 0 Å². The highest BCUT2D eigenvalue weighted by Crippen LogP contribution is 2.32. The van der Waals surface area contributed by atoms with Gasteiger partial charge in [0.1, 0.15) is 15.8 Å². The van der Waals surface area contributed by atoms with E-state index in [0.717, 1.165) is 0 Å². The maximum atomic E-state index is 10.6. The summed E-state index contributed by atoms with van der Waals surface area (Å²) < 4.78 is 5.38. The Bertz CT molecular complexity index is 667. The van der Waals surface area contributed by atoms with E-state index in [9.17, 15) is 10.1 Å². The summed E-state index contributed by atoms with van der Waals surface area (Å²) in [5.74, 6) is 5.56. The quantitative estimate of drug-likeness (QED) is 0.506. The molecule has 0 atom stereocenters. The molecule has 0 saturated heterocycles. The molecular weight excluding hydrogens is 309 g/mol. The van der Waals surface area contributed by atoms with E-state index in [2.05, 4.69) is 15.4 Å². The number of hydrogen-bond acceptors (Lipinski definition) is 7. The van der Waals surface area contributed by atoms with Gasteiger partial charge in [-0.1, -0.05) is 23.2 Å². The minimum atomic E-state index is -0.597. The number of rotatable bonds is 4. The van der Waals surface area contributed by atoms with Crippen molar-refractivity contribution in [2.45, 2.75) is 0 Å². The maximum absolute atomic E-state index is 10.6. The number of benzene rings is 1. The first-order valence-electron chi connectivity index (χ1n) is 5.12. The smallest absolute Gasteiger partial charge is 0.288 e. The summed E-state index contributed by atoms with van der Waals surface area (Å²) in [6.45, 7) is 0. The Balaban J connectivity index is 2.30. The lowest BCUT2D eigenvalue weighted by Crippen LogP contribution is -2.10. The predicted octanol–water partition coefficient (Wildman–Crippen LogP) is 2.77. The molecule has 20 heavy (non-hydrogen) atoms. The van der Waals surface area contributed by atoms with E-state index < -0.39 is 4.92 Å². The zero-order valence-corrected chi connectivity index (χ0v) is 11.2. The van der Waals surface area contributed by atoms with Crippen LogP contribution in [0.2, 0.25) is 10.0 Å². The number of nitro benzene ring substituents is 1. The van der Waals surface area contributed by atoms with Gasteiger partial charge in [0.05, 0.1) is 11.1 Å². The Morgan fingerprint density at radius 2 is 2.10 bits per heavy atom. The van der Waals surface area contributed by atoms with Crippen LogP contribution in [0.1, 0.15) is 0 Å². The number of nitro groups is 1. The highest BCUT2D eigenvalue weighted by molar-refractivity contribution is 6.33. The summed E-state index contributed by atoms with van der Waals surface area (Å²) in [5, 5.41) is 10.7. The molecule has 0 aliphatic carbocycles. The average Bonchev–Trinajstić information content (AvgIpc) is 2.41. The van der Waals surface area contributed by atoms with Gasteiger partial charge in [-0.3, -0.25) is 15.5 Å². The monoisotopic (exact) mass is 315 g/mol. The van der Waals surface area contributed by atoms with Gasteiger partial charge in [-0.05, 0) is 6.07 Å². The molecule has 0 bridgehead atoms. The van der Waals surface area contributed by atoms with Gasteiger partial charge in [-0.15, -0.1) is 0 Å². The summed E-state index contributed by atoms with van der Waals surface area (Å²) in [6, 6.07) is 3.88. The molecule has 3 N–H and O–H groups in total. The van der Waals surface area contributed by atoms with Crippen molar-refractivity contribution in [3.63, 3.8) is 0 Å². The third-order valence-electron chi connectivity index (χ3n) is 2.17. The van der Waals surface area contributed by atoms with Crippen LogP contribution >= 0.6 is 23.2 Å². The van der Waals surface area contributed by atoms with E-state index in [0.29, 0.717) is 0 Å². The lowest BCUT2D eigenvalue weighted by atomic mass is 10.3. The molecule has 1 heterocycles. The normalized spacial score (nSPS) is 10.2. The fraction of sp³-hybridized carbons (Fsp3) is 0. The van der Waals surface area contributed by atoms with Crippen molar-refractivity contribution in [3.8, 4) is 11.6 Å². The van der Waals surface area contributed by atoms with Crippen LogP contribution in [-0.2, 0) is 0 Å². The average molecular weight is 316 g/mol. The van der Waals surface area contributed by atoms with Crippen molar-refractivity contribution in [2.24, 2.45) is 5.84 Å². The molecule has 0 spiro atoms. The number of anilines is 1. The molecule has 104 valence electrons. The van der Waals surface area contributed by atoms with E-state index in [-0.39, 0.29) is 33.3 Å². The maximum Gasteiger partial charge on any atom is 0.288 e. The van der Waals surface area contributed by atoms with E-state index in [1.165, 1.54) is 24.4 Å². The molecule has 1 aromatic heterocycles. The molecular formula is C10H7Cl2N5O3. The topological polar surface area (TPSA) is 116 Å². The van der Waals surface area contributed by atoms with E-state index in [1.807, 2.05) is 0 Å². The van der Waals surface area contributed by atoms with Gasteiger partial charge in [-0.25, -0.2) is 10.8 Å². The number of halogens is 2. The number of hydrogen-bond donors (Lipinski definition) is 2. The minimum absolute atomic E-state index is 0.0412. The molecule has 2 rings (SSSR count). The predicted molar refractivity (Wildman–Crippen MR) is 73.0 cm³/mol. The Morgan fingerprint density at radius 1 is 1.35 bits per heavy atom. The number of nitrogens with one attached hydrogen (secondary N) is 1. The lowest BCUT2D eigenvalue weighted by Gasteiger charge is -2.07. The summed E-state index contributed by atoms with van der Waals surface area (Å²) in [6.07, 6.45) is 1.30. The second kappa shape index (κ2) is 5.87. The first-order chi connectivity index (χ1) is 9.51. The number of nitrogens with zero attached hydrogens (tertiary/aromatic N) is 3. The molecule has 2 aromatic rings. The largest absolute Gasteiger partial charge is 0.437 e. The third kappa shape index (κ3) is 3.05. The van der Waals surface area contributed by atoms with Crippen molar-refractivity contribution in [1.82, 2.24) is 9.97 Å². The lowest BCUT2D eigenvalue weighted by molar-refractivity contribution is -0.384. The number of ether oxygens (including phenoxy) is 1. The second-order valence-corrected chi connectivity index (χ2v) is 4.28. The van der Waals surface area contributed by atoms with E-state index in [4.69, 9.17) is 33.8 Å². The summed E-state index contributed by atoms with van der Waals surface area (Å²) >= 11 is 11.6. The molecule has 10 heteroatoms. The van der Waals surface area contributed by atoms with Gasteiger partial charge in [0.25, 0.3) is 5.69 Å².